The van der Waals surface area contributed by atoms with Gasteiger partial charge in [0.05, 0.1) is 18.1 Å². The lowest BCUT2D eigenvalue weighted by atomic mass is 10.1. The highest BCUT2D eigenvalue weighted by molar-refractivity contribution is 6.32. The van der Waals surface area contributed by atoms with E-state index in [2.05, 4.69) is 0 Å². The van der Waals surface area contributed by atoms with E-state index < -0.39 is 5.97 Å². The van der Waals surface area contributed by atoms with Crippen molar-refractivity contribution in [3.63, 3.8) is 0 Å². The van der Waals surface area contributed by atoms with Crippen molar-refractivity contribution in [2.75, 3.05) is 12.5 Å². The van der Waals surface area contributed by atoms with E-state index in [-0.39, 0.29) is 18.1 Å². The Morgan fingerprint density at radius 2 is 2.06 bits per heavy atom. The monoisotopic (exact) mass is 274 g/mol. The summed E-state index contributed by atoms with van der Waals surface area (Å²) in [5.41, 5.74) is 1.03. The lowest BCUT2D eigenvalue weighted by Gasteiger charge is -2.05. The molecule has 3 nitrogen and oxygen atoms in total. The number of benzene rings is 1. The fourth-order valence-electron chi connectivity index (χ4n) is 1.29. The van der Waals surface area contributed by atoms with Crippen LogP contribution in [0.4, 0.5) is 0 Å². The van der Waals surface area contributed by atoms with Gasteiger partial charge in [-0.2, -0.15) is 0 Å². The standard InChI is InChI=1S/C12H12Cl2O3/c1-2-17-12(16)9-4-3-8(11(14)6-9)5-10(15)7-13/h3-4,6H,2,5,7H2,1H3. The molecule has 0 fully saturated rings. The Hall–Kier alpha value is -1.06. The summed E-state index contributed by atoms with van der Waals surface area (Å²) in [6, 6.07) is 4.72. The molecule has 0 atom stereocenters. The summed E-state index contributed by atoms with van der Waals surface area (Å²) >= 11 is 11.4. The number of hydrogen-bond donors (Lipinski definition) is 0. The summed E-state index contributed by atoms with van der Waals surface area (Å²) in [6.07, 6.45) is 0.172. The summed E-state index contributed by atoms with van der Waals surface area (Å²) in [5, 5.41) is 0.369. The highest BCUT2D eigenvalue weighted by Gasteiger charge is 2.11. The average Bonchev–Trinajstić information content (AvgIpc) is 2.31. The number of halogens is 2. The molecule has 92 valence electrons. The Morgan fingerprint density at radius 3 is 2.59 bits per heavy atom. The first-order valence-electron chi connectivity index (χ1n) is 5.11. The van der Waals surface area contributed by atoms with E-state index in [1.54, 1.807) is 19.1 Å². The molecule has 0 N–H and O–H groups in total. The molecule has 5 heteroatoms. The van der Waals surface area contributed by atoms with Gasteiger partial charge < -0.3 is 4.74 Å². The summed E-state index contributed by atoms with van der Waals surface area (Å²) < 4.78 is 4.84. The van der Waals surface area contributed by atoms with E-state index >= 15 is 0 Å². The second kappa shape index (κ2) is 6.62. The molecule has 17 heavy (non-hydrogen) atoms. The zero-order valence-corrected chi connectivity index (χ0v) is 10.8. The van der Waals surface area contributed by atoms with Crippen LogP contribution in [0.3, 0.4) is 0 Å². The molecule has 0 saturated carbocycles. The lowest BCUT2D eigenvalue weighted by Crippen LogP contribution is -2.07. The third-order valence-electron chi connectivity index (χ3n) is 2.10. The van der Waals surface area contributed by atoms with Crippen LogP contribution in [0, 0.1) is 0 Å². The summed E-state index contributed by atoms with van der Waals surface area (Å²) in [4.78, 5) is 22.6. The van der Waals surface area contributed by atoms with Gasteiger partial charge in [-0.25, -0.2) is 4.79 Å². The van der Waals surface area contributed by atoms with E-state index in [0.717, 1.165) is 0 Å². The van der Waals surface area contributed by atoms with Crippen LogP contribution >= 0.6 is 23.2 Å². The summed E-state index contributed by atoms with van der Waals surface area (Å²) in [5.74, 6) is -0.585. The Morgan fingerprint density at radius 1 is 1.35 bits per heavy atom. The molecule has 0 bridgehead atoms. The van der Waals surface area contributed by atoms with Crippen molar-refractivity contribution in [1.29, 1.82) is 0 Å². The summed E-state index contributed by atoms with van der Waals surface area (Å²) in [6.45, 7) is 2.04. The van der Waals surface area contributed by atoms with Gasteiger partial charge in [-0.15, -0.1) is 11.6 Å². The smallest absolute Gasteiger partial charge is 0.338 e. The van der Waals surface area contributed by atoms with Gasteiger partial charge in [-0.1, -0.05) is 17.7 Å². The number of esters is 1. The van der Waals surface area contributed by atoms with Gasteiger partial charge in [0.25, 0.3) is 0 Å². The van der Waals surface area contributed by atoms with Gasteiger partial charge in [-0.05, 0) is 24.6 Å². The van der Waals surface area contributed by atoms with Crippen molar-refractivity contribution in [2.45, 2.75) is 13.3 Å². The number of carbonyl (C=O) groups excluding carboxylic acids is 2. The number of ketones is 1. The van der Waals surface area contributed by atoms with Crippen LogP contribution in [0.5, 0.6) is 0 Å². The third kappa shape index (κ3) is 4.02. The van der Waals surface area contributed by atoms with Crippen LogP contribution in [0.1, 0.15) is 22.8 Å². The molecule has 0 aliphatic carbocycles. The average molecular weight is 275 g/mol. The highest BCUT2D eigenvalue weighted by Crippen LogP contribution is 2.19. The molecule has 0 radical (unpaired) electrons. The fraction of sp³-hybridized carbons (Fsp3) is 0.333. The molecule has 0 amide bonds. The van der Waals surface area contributed by atoms with E-state index in [1.165, 1.54) is 6.07 Å². The van der Waals surface area contributed by atoms with Gasteiger partial charge in [-0.3, -0.25) is 4.79 Å². The molecule has 0 aromatic heterocycles. The molecule has 0 heterocycles. The van der Waals surface area contributed by atoms with Gasteiger partial charge >= 0.3 is 5.97 Å². The van der Waals surface area contributed by atoms with Gasteiger partial charge in [0.1, 0.15) is 0 Å². The maximum atomic E-state index is 11.4. The van der Waals surface area contributed by atoms with Gasteiger partial charge in [0, 0.05) is 11.4 Å². The van der Waals surface area contributed by atoms with Gasteiger partial charge in [0.2, 0.25) is 0 Å². The topological polar surface area (TPSA) is 43.4 Å². The first kappa shape index (κ1) is 14.0. The van der Waals surface area contributed by atoms with E-state index in [9.17, 15) is 9.59 Å². The molecular weight excluding hydrogens is 263 g/mol. The lowest BCUT2D eigenvalue weighted by molar-refractivity contribution is -0.116. The zero-order valence-electron chi connectivity index (χ0n) is 9.33. The largest absolute Gasteiger partial charge is 0.462 e. The van der Waals surface area contributed by atoms with Crippen LogP contribution in [0.25, 0.3) is 0 Å². The molecule has 1 aromatic carbocycles. The van der Waals surface area contributed by atoms with Crippen LogP contribution < -0.4 is 0 Å². The molecule has 0 aliphatic heterocycles. The zero-order chi connectivity index (χ0) is 12.8. The minimum atomic E-state index is -0.426. The molecular formula is C12H12Cl2O3. The number of hydrogen-bond acceptors (Lipinski definition) is 3. The van der Waals surface area contributed by atoms with Crippen molar-refractivity contribution in [3.05, 3.63) is 34.3 Å². The fourth-order valence-corrected chi connectivity index (χ4v) is 1.63. The van der Waals surface area contributed by atoms with E-state index in [4.69, 9.17) is 27.9 Å². The maximum absolute atomic E-state index is 11.4. The number of rotatable bonds is 5. The first-order valence-corrected chi connectivity index (χ1v) is 6.03. The number of ether oxygens (including phenoxy) is 1. The maximum Gasteiger partial charge on any atom is 0.338 e. The predicted octanol–water partition coefficient (Wildman–Crippen LogP) is 2.87. The molecule has 1 aromatic rings. The van der Waals surface area contributed by atoms with Crippen molar-refractivity contribution < 1.29 is 14.3 Å². The predicted molar refractivity (Wildman–Crippen MR) is 66.8 cm³/mol. The Balaban J connectivity index is 2.86. The highest BCUT2D eigenvalue weighted by atomic mass is 35.5. The van der Waals surface area contributed by atoms with Crippen molar-refractivity contribution in [1.82, 2.24) is 0 Å². The number of carbonyl (C=O) groups is 2. The second-order valence-corrected chi connectivity index (χ2v) is 4.05. The summed E-state index contributed by atoms with van der Waals surface area (Å²) in [7, 11) is 0. The quantitative estimate of drug-likeness (QED) is 0.613. The van der Waals surface area contributed by atoms with Crippen molar-refractivity contribution in [3.8, 4) is 0 Å². The Labute approximate surface area is 110 Å². The van der Waals surface area contributed by atoms with Crippen LogP contribution in [0.2, 0.25) is 5.02 Å². The minimum Gasteiger partial charge on any atom is -0.462 e. The molecule has 0 aliphatic rings. The van der Waals surface area contributed by atoms with E-state index in [1.807, 2.05) is 0 Å². The van der Waals surface area contributed by atoms with Crippen LogP contribution in [-0.4, -0.2) is 24.2 Å². The molecule has 0 spiro atoms. The Bertz CT molecular complexity index is 430. The third-order valence-corrected chi connectivity index (χ3v) is 2.75. The van der Waals surface area contributed by atoms with Gasteiger partial charge in [0.15, 0.2) is 5.78 Å². The van der Waals surface area contributed by atoms with Crippen LogP contribution in [0.15, 0.2) is 18.2 Å². The van der Waals surface area contributed by atoms with Crippen molar-refractivity contribution >= 4 is 35.0 Å². The van der Waals surface area contributed by atoms with Crippen LogP contribution in [-0.2, 0) is 16.0 Å². The normalized spacial score (nSPS) is 10.1. The number of Topliss-reactive ketones (excluding diaryl/α,β-unsaturated/α-hetero) is 1. The Kier molecular flexibility index (Phi) is 5.45. The van der Waals surface area contributed by atoms with Crippen molar-refractivity contribution in [2.24, 2.45) is 0 Å². The minimum absolute atomic E-state index is 0.0457. The molecule has 0 unspecified atom stereocenters. The van der Waals surface area contributed by atoms with E-state index in [0.29, 0.717) is 22.8 Å². The molecule has 0 saturated heterocycles. The number of alkyl halides is 1. The SMILES string of the molecule is CCOC(=O)c1ccc(CC(=O)CCl)c(Cl)c1. The second-order valence-electron chi connectivity index (χ2n) is 3.38. The molecule has 1 rings (SSSR count). The first-order chi connectivity index (χ1) is 8.08.